The second-order valence-electron chi connectivity index (χ2n) is 4.10. The Morgan fingerprint density at radius 3 is 2.41 bits per heavy atom. The van der Waals surface area contributed by atoms with Crippen LogP contribution < -0.4 is 10.9 Å². The van der Waals surface area contributed by atoms with Gasteiger partial charge in [0.25, 0.3) is 5.56 Å². The number of aryl methyl sites for hydroxylation is 2. The Balaban J connectivity index is 2.96. The lowest BCUT2D eigenvalue weighted by Gasteiger charge is -2.20. The Morgan fingerprint density at radius 2 is 1.94 bits per heavy atom. The van der Waals surface area contributed by atoms with Crippen LogP contribution >= 0.6 is 0 Å². The molecule has 0 aliphatic rings. The highest BCUT2D eigenvalue weighted by molar-refractivity contribution is 5.20. The van der Waals surface area contributed by atoms with Crippen molar-refractivity contribution >= 4 is 0 Å². The molecule has 1 atom stereocenters. The summed E-state index contributed by atoms with van der Waals surface area (Å²) >= 11 is 0. The standard InChI is InChI=1S/C11H19N3O3/c1-6-10(11(17)14-8(3)12-6)7(2)13-9(4-15)5-16/h7,9,13,15-16H,4-5H2,1-3H3,(H,12,14,17). The van der Waals surface area contributed by atoms with E-state index in [1.165, 1.54) is 0 Å². The summed E-state index contributed by atoms with van der Waals surface area (Å²) in [5, 5.41) is 20.9. The third-order valence-corrected chi connectivity index (χ3v) is 2.62. The lowest BCUT2D eigenvalue weighted by atomic mass is 10.1. The number of hydrogen-bond acceptors (Lipinski definition) is 5. The summed E-state index contributed by atoms with van der Waals surface area (Å²) in [5.41, 5.74) is 0.994. The summed E-state index contributed by atoms with van der Waals surface area (Å²) in [6.45, 7) is 4.92. The van der Waals surface area contributed by atoms with Crippen molar-refractivity contribution in [3.05, 3.63) is 27.4 Å². The minimum atomic E-state index is -0.440. The number of H-pyrrole nitrogens is 1. The van der Waals surface area contributed by atoms with Gasteiger partial charge in [-0.15, -0.1) is 0 Å². The molecule has 1 heterocycles. The monoisotopic (exact) mass is 241 g/mol. The van der Waals surface area contributed by atoms with Gasteiger partial charge in [0.1, 0.15) is 5.82 Å². The number of aliphatic hydroxyl groups excluding tert-OH is 2. The molecule has 1 unspecified atom stereocenters. The molecule has 0 saturated carbocycles. The SMILES string of the molecule is Cc1nc(C)c(C(C)NC(CO)CO)c(=O)[nH]1. The van der Waals surface area contributed by atoms with E-state index < -0.39 is 6.04 Å². The van der Waals surface area contributed by atoms with Gasteiger partial charge >= 0.3 is 0 Å². The third kappa shape index (κ3) is 3.36. The predicted molar refractivity (Wildman–Crippen MR) is 63.8 cm³/mol. The lowest BCUT2D eigenvalue weighted by molar-refractivity contribution is 0.163. The molecule has 1 aromatic rings. The lowest BCUT2D eigenvalue weighted by Crippen LogP contribution is -2.39. The predicted octanol–water partition coefficient (Wildman–Crippen LogP) is -0.609. The quantitative estimate of drug-likeness (QED) is 0.551. The number of nitrogens with one attached hydrogen (secondary N) is 2. The minimum Gasteiger partial charge on any atom is -0.395 e. The van der Waals surface area contributed by atoms with Crippen molar-refractivity contribution in [1.82, 2.24) is 15.3 Å². The first-order chi connectivity index (χ1) is 7.99. The highest BCUT2D eigenvalue weighted by Crippen LogP contribution is 2.11. The average molecular weight is 241 g/mol. The van der Waals surface area contributed by atoms with Gasteiger partial charge in [-0.2, -0.15) is 0 Å². The largest absolute Gasteiger partial charge is 0.395 e. The maximum atomic E-state index is 11.8. The summed E-state index contributed by atoms with van der Waals surface area (Å²) in [5.74, 6) is 0.573. The number of rotatable bonds is 5. The Hall–Kier alpha value is -1.24. The summed E-state index contributed by atoms with van der Waals surface area (Å²) in [7, 11) is 0. The Bertz CT molecular complexity index is 426. The van der Waals surface area contributed by atoms with Crippen LogP contribution in [0.2, 0.25) is 0 Å². The molecule has 0 bridgehead atoms. The Labute approximate surface area is 99.7 Å². The van der Waals surface area contributed by atoms with Gasteiger partial charge < -0.3 is 20.5 Å². The molecule has 1 rings (SSSR count). The Morgan fingerprint density at radius 1 is 1.35 bits per heavy atom. The fourth-order valence-electron chi connectivity index (χ4n) is 1.85. The molecule has 0 saturated heterocycles. The van der Waals surface area contributed by atoms with Crippen molar-refractivity contribution in [2.45, 2.75) is 32.9 Å². The van der Waals surface area contributed by atoms with Crippen LogP contribution in [0.4, 0.5) is 0 Å². The molecule has 0 amide bonds. The van der Waals surface area contributed by atoms with E-state index in [0.29, 0.717) is 17.1 Å². The van der Waals surface area contributed by atoms with Crippen molar-refractivity contribution in [2.24, 2.45) is 0 Å². The first-order valence-electron chi connectivity index (χ1n) is 5.54. The highest BCUT2D eigenvalue weighted by Gasteiger charge is 2.17. The zero-order valence-electron chi connectivity index (χ0n) is 10.3. The van der Waals surface area contributed by atoms with E-state index >= 15 is 0 Å². The number of aromatic nitrogens is 2. The minimum absolute atomic E-state index is 0.183. The zero-order valence-corrected chi connectivity index (χ0v) is 10.3. The summed E-state index contributed by atoms with van der Waals surface area (Å²) in [4.78, 5) is 18.6. The molecule has 4 N–H and O–H groups in total. The second-order valence-corrected chi connectivity index (χ2v) is 4.10. The molecule has 0 spiro atoms. The number of aromatic amines is 1. The Kier molecular flexibility index (Phi) is 4.80. The van der Waals surface area contributed by atoms with Crippen LogP contribution in [0.1, 0.15) is 30.0 Å². The molecular weight excluding hydrogens is 222 g/mol. The highest BCUT2D eigenvalue weighted by atomic mass is 16.3. The maximum absolute atomic E-state index is 11.8. The molecule has 0 aliphatic heterocycles. The molecule has 0 aromatic carbocycles. The van der Waals surface area contributed by atoms with Crippen LogP contribution in [0, 0.1) is 13.8 Å². The van der Waals surface area contributed by atoms with Crippen molar-refractivity contribution in [2.75, 3.05) is 13.2 Å². The molecule has 1 aromatic heterocycles. The molecule has 96 valence electrons. The van der Waals surface area contributed by atoms with Gasteiger partial charge in [-0.3, -0.25) is 4.79 Å². The van der Waals surface area contributed by atoms with Gasteiger partial charge in [-0.25, -0.2) is 4.98 Å². The van der Waals surface area contributed by atoms with Crippen LogP contribution in [0.3, 0.4) is 0 Å². The average Bonchev–Trinajstić information content (AvgIpc) is 2.24. The van der Waals surface area contributed by atoms with Crippen LogP contribution in [-0.4, -0.2) is 39.4 Å². The molecule has 6 nitrogen and oxygen atoms in total. The molecule has 0 fully saturated rings. The topological polar surface area (TPSA) is 98.2 Å². The van der Waals surface area contributed by atoms with E-state index in [4.69, 9.17) is 10.2 Å². The number of aliphatic hydroxyl groups is 2. The van der Waals surface area contributed by atoms with E-state index in [0.717, 1.165) is 0 Å². The van der Waals surface area contributed by atoms with E-state index in [1.54, 1.807) is 20.8 Å². The van der Waals surface area contributed by atoms with Gasteiger partial charge in [0.05, 0.1) is 24.8 Å². The number of nitrogens with zero attached hydrogens (tertiary/aromatic N) is 1. The van der Waals surface area contributed by atoms with E-state index in [2.05, 4.69) is 15.3 Å². The van der Waals surface area contributed by atoms with Crippen molar-refractivity contribution in [3.63, 3.8) is 0 Å². The fourth-order valence-corrected chi connectivity index (χ4v) is 1.85. The van der Waals surface area contributed by atoms with E-state index in [-0.39, 0.29) is 24.8 Å². The van der Waals surface area contributed by atoms with Gasteiger partial charge in [-0.1, -0.05) is 0 Å². The van der Waals surface area contributed by atoms with Gasteiger partial charge in [-0.05, 0) is 20.8 Å². The molecule has 17 heavy (non-hydrogen) atoms. The van der Waals surface area contributed by atoms with Crippen LogP contribution in [-0.2, 0) is 0 Å². The fraction of sp³-hybridized carbons (Fsp3) is 0.636. The summed E-state index contributed by atoms with van der Waals surface area (Å²) < 4.78 is 0. The third-order valence-electron chi connectivity index (χ3n) is 2.62. The normalized spacial score (nSPS) is 13.1. The van der Waals surface area contributed by atoms with Crippen LogP contribution in [0.5, 0.6) is 0 Å². The van der Waals surface area contributed by atoms with E-state index in [9.17, 15) is 4.79 Å². The first-order valence-corrected chi connectivity index (χ1v) is 5.54. The maximum Gasteiger partial charge on any atom is 0.255 e. The number of hydrogen-bond donors (Lipinski definition) is 4. The first kappa shape index (κ1) is 13.8. The summed E-state index contributed by atoms with van der Waals surface area (Å²) in [6.07, 6.45) is 0. The van der Waals surface area contributed by atoms with Crippen molar-refractivity contribution < 1.29 is 10.2 Å². The van der Waals surface area contributed by atoms with Crippen LogP contribution in [0.15, 0.2) is 4.79 Å². The zero-order chi connectivity index (χ0) is 13.0. The summed E-state index contributed by atoms with van der Waals surface area (Å²) in [6, 6.07) is -0.721. The van der Waals surface area contributed by atoms with Gasteiger partial charge in [0.15, 0.2) is 0 Å². The molecule has 0 aliphatic carbocycles. The van der Waals surface area contributed by atoms with Gasteiger partial charge in [0, 0.05) is 11.7 Å². The van der Waals surface area contributed by atoms with Crippen molar-refractivity contribution in [1.29, 1.82) is 0 Å². The van der Waals surface area contributed by atoms with Gasteiger partial charge in [0.2, 0.25) is 0 Å². The molecular formula is C11H19N3O3. The second kappa shape index (κ2) is 5.90. The smallest absolute Gasteiger partial charge is 0.255 e. The van der Waals surface area contributed by atoms with E-state index in [1.807, 2.05) is 0 Å². The van der Waals surface area contributed by atoms with Crippen molar-refractivity contribution in [3.8, 4) is 0 Å². The van der Waals surface area contributed by atoms with Crippen LogP contribution in [0.25, 0.3) is 0 Å². The molecule has 6 heteroatoms. The molecule has 0 radical (unpaired) electrons.